The van der Waals surface area contributed by atoms with Crippen LogP contribution >= 0.6 is 15.9 Å². The highest BCUT2D eigenvalue weighted by atomic mass is 79.9. The molecule has 0 fully saturated rings. The maximum absolute atomic E-state index is 13.1. The Labute approximate surface area is 110 Å². The van der Waals surface area contributed by atoms with Crippen molar-refractivity contribution in [1.29, 1.82) is 0 Å². The number of benzene rings is 1. The molecule has 0 spiro atoms. The molecule has 2 aromatic rings. The lowest BCUT2D eigenvalue weighted by Gasteiger charge is -2.05. The molecule has 18 heavy (non-hydrogen) atoms. The summed E-state index contributed by atoms with van der Waals surface area (Å²) in [5, 5.41) is 9.55. The zero-order valence-electron chi connectivity index (χ0n) is 9.20. The summed E-state index contributed by atoms with van der Waals surface area (Å²) in [6, 6.07) is 2.30. The third-order valence-electron chi connectivity index (χ3n) is 2.08. The van der Waals surface area contributed by atoms with E-state index < -0.39 is 11.7 Å². The summed E-state index contributed by atoms with van der Waals surface area (Å²) < 4.78 is 18.4. The van der Waals surface area contributed by atoms with Gasteiger partial charge in [0.2, 0.25) is 5.89 Å². The highest BCUT2D eigenvalue weighted by Gasteiger charge is 2.15. The number of aryl methyl sites for hydroxylation is 1. The second-order valence-electron chi connectivity index (χ2n) is 3.43. The number of hydrogen-bond acceptors (Lipinski definition) is 5. The van der Waals surface area contributed by atoms with Gasteiger partial charge in [-0.25, -0.2) is 4.39 Å². The average Bonchev–Trinajstić information content (AvgIpc) is 2.69. The SMILES string of the molecule is Cc1nnc(NC(=O)c2cc(N)c(F)cc2Br)o1. The Balaban J connectivity index is 2.26. The molecule has 94 valence electrons. The third-order valence-corrected chi connectivity index (χ3v) is 2.73. The van der Waals surface area contributed by atoms with Crippen molar-refractivity contribution >= 4 is 33.5 Å². The molecule has 0 radical (unpaired) electrons. The fraction of sp³-hybridized carbons (Fsp3) is 0.100. The topological polar surface area (TPSA) is 94.0 Å². The predicted molar refractivity (Wildman–Crippen MR) is 65.5 cm³/mol. The first-order chi connectivity index (χ1) is 8.47. The molecule has 0 aliphatic rings. The van der Waals surface area contributed by atoms with Crippen LogP contribution in [0.3, 0.4) is 0 Å². The minimum absolute atomic E-state index is 0.0349. The zero-order valence-corrected chi connectivity index (χ0v) is 10.8. The summed E-state index contributed by atoms with van der Waals surface area (Å²) in [6.07, 6.45) is 0. The summed E-state index contributed by atoms with van der Waals surface area (Å²) in [6.45, 7) is 1.59. The van der Waals surface area contributed by atoms with Gasteiger partial charge in [-0.05, 0) is 28.1 Å². The molecule has 0 atom stereocenters. The van der Waals surface area contributed by atoms with Gasteiger partial charge >= 0.3 is 6.01 Å². The first kappa shape index (κ1) is 12.5. The van der Waals surface area contributed by atoms with Crippen LogP contribution in [0.15, 0.2) is 21.0 Å². The van der Waals surface area contributed by atoms with E-state index in [9.17, 15) is 9.18 Å². The zero-order chi connectivity index (χ0) is 13.3. The van der Waals surface area contributed by atoms with Crippen LogP contribution in [0.2, 0.25) is 0 Å². The average molecular weight is 315 g/mol. The number of aromatic nitrogens is 2. The third kappa shape index (κ3) is 2.48. The second kappa shape index (κ2) is 4.73. The fourth-order valence-electron chi connectivity index (χ4n) is 1.25. The summed E-state index contributed by atoms with van der Waals surface area (Å²) in [7, 11) is 0. The van der Waals surface area contributed by atoms with Crippen molar-refractivity contribution in [3.05, 3.63) is 33.9 Å². The number of carbonyl (C=O) groups excluding carboxylic acids is 1. The molecule has 1 aromatic carbocycles. The van der Waals surface area contributed by atoms with E-state index in [1.807, 2.05) is 0 Å². The molecule has 6 nitrogen and oxygen atoms in total. The molecule has 2 rings (SSSR count). The lowest BCUT2D eigenvalue weighted by atomic mass is 10.2. The van der Waals surface area contributed by atoms with Crippen LogP contribution in [0, 0.1) is 12.7 Å². The molecule has 1 heterocycles. The number of amides is 1. The molecule has 0 saturated heterocycles. The quantitative estimate of drug-likeness (QED) is 0.828. The Morgan fingerprint density at radius 3 is 2.83 bits per heavy atom. The number of nitrogens with one attached hydrogen (secondary N) is 1. The maximum Gasteiger partial charge on any atom is 0.322 e. The Morgan fingerprint density at radius 2 is 2.22 bits per heavy atom. The number of anilines is 2. The van der Waals surface area contributed by atoms with Gasteiger partial charge in [-0.1, -0.05) is 5.10 Å². The summed E-state index contributed by atoms with van der Waals surface area (Å²) in [5.74, 6) is -0.813. The summed E-state index contributed by atoms with van der Waals surface area (Å²) in [5.41, 5.74) is 5.45. The van der Waals surface area contributed by atoms with E-state index in [0.717, 1.165) is 6.07 Å². The molecular formula is C10H8BrFN4O2. The van der Waals surface area contributed by atoms with E-state index in [2.05, 4.69) is 31.4 Å². The van der Waals surface area contributed by atoms with E-state index in [1.165, 1.54) is 6.07 Å². The molecule has 8 heteroatoms. The smallest absolute Gasteiger partial charge is 0.322 e. The number of nitrogens with zero attached hydrogens (tertiary/aromatic N) is 2. The summed E-state index contributed by atoms with van der Waals surface area (Å²) in [4.78, 5) is 11.9. The monoisotopic (exact) mass is 314 g/mol. The minimum Gasteiger partial charge on any atom is -0.408 e. The van der Waals surface area contributed by atoms with Crippen molar-refractivity contribution in [1.82, 2.24) is 10.2 Å². The lowest BCUT2D eigenvalue weighted by Crippen LogP contribution is -2.13. The number of nitrogen functional groups attached to an aromatic ring is 1. The van der Waals surface area contributed by atoms with Crippen LogP contribution in [0.5, 0.6) is 0 Å². The van der Waals surface area contributed by atoms with Crippen molar-refractivity contribution < 1.29 is 13.6 Å². The van der Waals surface area contributed by atoms with Crippen LogP contribution in [0.1, 0.15) is 16.2 Å². The van der Waals surface area contributed by atoms with Crippen molar-refractivity contribution in [2.45, 2.75) is 6.92 Å². The van der Waals surface area contributed by atoms with E-state index >= 15 is 0 Å². The maximum atomic E-state index is 13.1. The van der Waals surface area contributed by atoms with E-state index in [0.29, 0.717) is 5.89 Å². The van der Waals surface area contributed by atoms with Gasteiger partial charge in [0.15, 0.2) is 0 Å². The minimum atomic E-state index is -0.605. The molecular weight excluding hydrogens is 307 g/mol. The van der Waals surface area contributed by atoms with Crippen molar-refractivity contribution in [2.75, 3.05) is 11.1 Å². The molecule has 3 N–H and O–H groups in total. The van der Waals surface area contributed by atoms with Gasteiger partial charge in [-0.3, -0.25) is 10.1 Å². The molecule has 0 saturated carbocycles. The van der Waals surface area contributed by atoms with Gasteiger partial charge in [0.05, 0.1) is 11.3 Å². The van der Waals surface area contributed by atoms with Crippen molar-refractivity contribution in [2.24, 2.45) is 0 Å². The molecule has 0 unspecified atom stereocenters. The Bertz CT molecular complexity index is 614. The van der Waals surface area contributed by atoms with Gasteiger partial charge in [-0.15, -0.1) is 5.10 Å². The van der Waals surface area contributed by atoms with Crippen molar-refractivity contribution in [3.63, 3.8) is 0 Å². The van der Waals surface area contributed by atoms with Crippen LogP contribution in [-0.2, 0) is 0 Å². The molecule has 0 aliphatic heterocycles. The van der Waals surface area contributed by atoms with Crippen LogP contribution in [-0.4, -0.2) is 16.1 Å². The second-order valence-corrected chi connectivity index (χ2v) is 4.29. The predicted octanol–water partition coefficient (Wildman–Crippen LogP) is 2.11. The molecule has 1 aromatic heterocycles. The van der Waals surface area contributed by atoms with Gasteiger partial charge < -0.3 is 10.2 Å². The molecule has 0 aliphatic carbocycles. The number of hydrogen-bond donors (Lipinski definition) is 2. The standard InChI is InChI=1S/C10H8BrFN4O2/c1-4-15-16-10(18-4)14-9(17)5-2-8(13)7(12)3-6(5)11/h2-3H,13H2,1H3,(H,14,16,17). The van der Waals surface area contributed by atoms with E-state index in [1.54, 1.807) is 6.92 Å². The summed E-state index contributed by atoms with van der Waals surface area (Å²) >= 11 is 3.08. The number of halogens is 2. The van der Waals surface area contributed by atoms with Gasteiger partial charge in [0, 0.05) is 11.4 Å². The van der Waals surface area contributed by atoms with Gasteiger partial charge in [-0.2, -0.15) is 0 Å². The van der Waals surface area contributed by atoms with Crippen LogP contribution < -0.4 is 11.1 Å². The highest BCUT2D eigenvalue weighted by Crippen LogP contribution is 2.23. The first-order valence-corrected chi connectivity index (χ1v) is 5.62. The number of nitrogens with two attached hydrogens (primary N) is 1. The van der Waals surface area contributed by atoms with Crippen LogP contribution in [0.4, 0.5) is 16.1 Å². The Morgan fingerprint density at radius 1 is 1.50 bits per heavy atom. The largest absolute Gasteiger partial charge is 0.408 e. The number of rotatable bonds is 2. The number of carbonyl (C=O) groups is 1. The Hall–Kier alpha value is -1.96. The Kier molecular flexibility index (Phi) is 3.28. The van der Waals surface area contributed by atoms with E-state index in [4.69, 9.17) is 10.2 Å². The van der Waals surface area contributed by atoms with Crippen LogP contribution in [0.25, 0.3) is 0 Å². The van der Waals surface area contributed by atoms with Crippen molar-refractivity contribution in [3.8, 4) is 0 Å². The lowest BCUT2D eigenvalue weighted by molar-refractivity contribution is 0.102. The van der Waals surface area contributed by atoms with Gasteiger partial charge in [0.1, 0.15) is 5.82 Å². The van der Waals surface area contributed by atoms with E-state index in [-0.39, 0.29) is 21.7 Å². The van der Waals surface area contributed by atoms with Gasteiger partial charge in [0.25, 0.3) is 5.91 Å². The molecule has 1 amide bonds. The normalized spacial score (nSPS) is 10.4. The fourth-order valence-corrected chi connectivity index (χ4v) is 1.75. The first-order valence-electron chi connectivity index (χ1n) is 4.83. The highest BCUT2D eigenvalue weighted by molar-refractivity contribution is 9.10. The molecule has 0 bridgehead atoms.